The Bertz CT molecular complexity index is 226. The molecule has 1 aliphatic carbocycles. The summed E-state index contributed by atoms with van der Waals surface area (Å²) in [5, 5.41) is 3.52. The number of rotatable bonds is 6. The van der Waals surface area contributed by atoms with Crippen molar-refractivity contribution in [2.24, 2.45) is 11.8 Å². The van der Waals surface area contributed by atoms with E-state index >= 15 is 0 Å². The van der Waals surface area contributed by atoms with Crippen molar-refractivity contribution in [3.05, 3.63) is 0 Å². The van der Waals surface area contributed by atoms with E-state index in [2.05, 4.69) is 19.2 Å². The molecule has 1 saturated carbocycles. The third-order valence-electron chi connectivity index (χ3n) is 3.79. The average molecular weight is 227 g/mol. The second-order valence-electron chi connectivity index (χ2n) is 4.98. The molecular weight excluding hydrogens is 202 g/mol. The average Bonchev–Trinajstić information content (AvgIpc) is 2.13. The van der Waals surface area contributed by atoms with Crippen LogP contribution in [0.5, 0.6) is 0 Å². The van der Waals surface area contributed by atoms with E-state index < -0.39 is 0 Å². The summed E-state index contributed by atoms with van der Waals surface area (Å²) >= 11 is 0. The topological polar surface area (TPSA) is 38.3 Å². The van der Waals surface area contributed by atoms with Crippen LogP contribution >= 0.6 is 0 Å². The van der Waals surface area contributed by atoms with Crippen LogP contribution in [-0.4, -0.2) is 24.7 Å². The Hall–Kier alpha value is -0.570. The zero-order valence-electron chi connectivity index (χ0n) is 11.0. The molecule has 3 nitrogen and oxygen atoms in total. The number of hydrogen-bond donors (Lipinski definition) is 1. The van der Waals surface area contributed by atoms with Gasteiger partial charge in [-0.2, -0.15) is 0 Å². The molecule has 0 aliphatic heterocycles. The van der Waals surface area contributed by atoms with E-state index in [4.69, 9.17) is 4.74 Å². The largest absolute Gasteiger partial charge is 0.466 e. The van der Waals surface area contributed by atoms with Gasteiger partial charge in [-0.1, -0.05) is 13.3 Å². The maximum Gasteiger partial charge on any atom is 0.310 e. The Morgan fingerprint density at radius 3 is 2.44 bits per heavy atom. The van der Waals surface area contributed by atoms with E-state index in [9.17, 15) is 4.79 Å². The molecule has 0 aromatic carbocycles. The normalized spacial score (nSPS) is 22.0. The Labute approximate surface area is 98.9 Å². The lowest BCUT2D eigenvalue weighted by Gasteiger charge is -2.35. The molecule has 0 aromatic heterocycles. The van der Waals surface area contributed by atoms with Crippen LogP contribution in [0, 0.1) is 11.8 Å². The number of ether oxygens (including phenoxy) is 1. The Kier molecular flexibility index (Phi) is 5.26. The molecule has 1 aliphatic rings. The zero-order chi connectivity index (χ0) is 12.1. The molecule has 0 aromatic rings. The molecule has 0 spiro atoms. The van der Waals surface area contributed by atoms with Crippen LogP contribution in [0.3, 0.4) is 0 Å². The van der Waals surface area contributed by atoms with Gasteiger partial charge in [-0.25, -0.2) is 0 Å². The predicted molar refractivity (Wildman–Crippen MR) is 65.2 cm³/mol. The zero-order valence-corrected chi connectivity index (χ0v) is 11.0. The summed E-state index contributed by atoms with van der Waals surface area (Å²) in [6.07, 6.45) is 4.02. The first kappa shape index (κ1) is 13.5. The predicted octanol–water partition coefficient (Wildman–Crippen LogP) is 2.35. The minimum atomic E-state index is -0.0942. The Morgan fingerprint density at radius 1 is 1.38 bits per heavy atom. The van der Waals surface area contributed by atoms with Gasteiger partial charge in [0.25, 0.3) is 0 Å². The highest BCUT2D eigenvalue weighted by Crippen LogP contribution is 2.29. The molecule has 0 amide bonds. The first-order valence-corrected chi connectivity index (χ1v) is 6.49. The highest BCUT2D eigenvalue weighted by atomic mass is 16.5. The number of nitrogens with one attached hydrogen (secondary N) is 1. The van der Waals surface area contributed by atoms with Gasteiger partial charge in [-0.15, -0.1) is 0 Å². The van der Waals surface area contributed by atoms with E-state index in [-0.39, 0.29) is 17.9 Å². The lowest BCUT2D eigenvalue weighted by Crippen LogP contribution is -2.46. The first-order valence-electron chi connectivity index (χ1n) is 6.49. The van der Waals surface area contributed by atoms with Crippen LogP contribution in [0.15, 0.2) is 0 Å². The van der Waals surface area contributed by atoms with Crippen molar-refractivity contribution in [2.45, 2.75) is 59.0 Å². The lowest BCUT2D eigenvalue weighted by molar-refractivity contribution is -0.148. The molecule has 16 heavy (non-hydrogen) atoms. The van der Waals surface area contributed by atoms with Gasteiger partial charge in [0.2, 0.25) is 0 Å². The molecule has 0 saturated heterocycles. The lowest BCUT2D eigenvalue weighted by atomic mass is 9.80. The molecule has 3 heteroatoms. The van der Waals surface area contributed by atoms with Crippen molar-refractivity contribution in [1.29, 1.82) is 0 Å². The molecule has 1 N–H and O–H groups in total. The highest BCUT2D eigenvalue weighted by Gasteiger charge is 2.28. The molecule has 0 unspecified atom stereocenters. The maximum atomic E-state index is 11.6. The van der Waals surface area contributed by atoms with Crippen molar-refractivity contribution in [1.82, 2.24) is 5.32 Å². The number of esters is 1. The second-order valence-corrected chi connectivity index (χ2v) is 4.98. The van der Waals surface area contributed by atoms with Gasteiger partial charge in [0.15, 0.2) is 0 Å². The van der Waals surface area contributed by atoms with Gasteiger partial charge in [0.05, 0.1) is 12.5 Å². The van der Waals surface area contributed by atoms with Crippen LogP contribution in [0.4, 0.5) is 0 Å². The Balaban J connectivity index is 2.31. The van der Waals surface area contributed by atoms with Crippen molar-refractivity contribution in [3.63, 3.8) is 0 Å². The van der Waals surface area contributed by atoms with Gasteiger partial charge >= 0.3 is 5.97 Å². The Morgan fingerprint density at radius 2 is 2.00 bits per heavy atom. The number of carbonyl (C=O) groups is 1. The monoisotopic (exact) mass is 227 g/mol. The van der Waals surface area contributed by atoms with E-state index in [1.165, 1.54) is 19.3 Å². The molecule has 3 atom stereocenters. The molecule has 0 radical (unpaired) electrons. The van der Waals surface area contributed by atoms with Crippen LogP contribution in [0.1, 0.15) is 47.0 Å². The first-order chi connectivity index (χ1) is 7.56. The fraction of sp³-hybridized carbons (Fsp3) is 0.923. The summed E-state index contributed by atoms with van der Waals surface area (Å²) < 4.78 is 5.03. The number of hydrogen-bond acceptors (Lipinski definition) is 3. The van der Waals surface area contributed by atoms with Crippen LogP contribution < -0.4 is 5.32 Å². The maximum absolute atomic E-state index is 11.6. The quantitative estimate of drug-likeness (QED) is 0.708. The molecule has 1 rings (SSSR count). The van der Waals surface area contributed by atoms with E-state index in [1.807, 2.05) is 13.8 Å². The van der Waals surface area contributed by atoms with Gasteiger partial charge < -0.3 is 10.1 Å². The third kappa shape index (κ3) is 3.48. The standard InChI is InChI=1S/C13H25NO2/c1-5-16-13(15)9(2)10(3)14-11(4)12-7-6-8-12/h9-12,14H,5-8H2,1-4H3/t9-,10+,11-/m1/s1. The fourth-order valence-electron chi connectivity index (χ4n) is 2.11. The van der Waals surface area contributed by atoms with Crippen molar-refractivity contribution in [2.75, 3.05) is 6.61 Å². The van der Waals surface area contributed by atoms with Crippen LogP contribution in [-0.2, 0) is 9.53 Å². The SMILES string of the molecule is CCOC(=O)[C@H](C)[C@H](C)N[C@H](C)C1CCC1. The molecule has 0 bridgehead atoms. The van der Waals surface area contributed by atoms with Crippen molar-refractivity contribution in [3.8, 4) is 0 Å². The van der Waals surface area contributed by atoms with Crippen LogP contribution in [0.25, 0.3) is 0 Å². The smallest absolute Gasteiger partial charge is 0.310 e. The van der Waals surface area contributed by atoms with Crippen LogP contribution in [0.2, 0.25) is 0 Å². The molecule has 94 valence electrons. The van der Waals surface area contributed by atoms with E-state index in [0.717, 1.165) is 5.92 Å². The van der Waals surface area contributed by atoms with Gasteiger partial charge in [0.1, 0.15) is 0 Å². The second kappa shape index (κ2) is 6.24. The minimum absolute atomic E-state index is 0.0672. The van der Waals surface area contributed by atoms with Gasteiger partial charge in [0, 0.05) is 12.1 Å². The van der Waals surface area contributed by atoms with Gasteiger partial charge in [-0.3, -0.25) is 4.79 Å². The van der Waals surface area contributed by atoms with Crippen molar-refractivity contribution >= 4 is 5.97 Å². The van der Waals surface area contributed by atoms with E-state index in [0.29, 0.717) is 12.6 Å². The fourth-order valence-corrected chi connectivity index (χ4v) is 2.11. The highest BCUT2D eigenvalue weighted by molar-refractivity contribution is 5.72. The van der Waals surface area contributed by atoms with Gasteiger partial charge in [-0.05, 0) is 39.5 Å². The van der Waals surface area contributed by atoms with Crippen molar-refractivity contribution < 1.29 is 9.53 Å². The summed E-state index contributed by atoms with van der Waals surface area (Å²) in [5.74, 6) is 0.641. The summed E-state index contributed by atoms with van der Waals surface area (Å²) in [7, 11) is 0. The minimum Gasteiger partial charge on any atom is -0.466 e. The summed E-state index contributed by atoms with van der Waals surface area (Å²) in [4.78, 5) is 11.6. The molecule has 0 heterocycles. The summed E-state index contributed by atoms with van der Waals surface area (Å²) in [6, 6.07) is 0.704. The summed E-state index contributed by atoms with van der Waals surface area (Å²) in [6.45, 7) is 8.53. The third-order valence-corrected chi connectivity index (χ3v) is 3.79. The van der Waals surface area contributed by atoms with E-state index in [1.54, 1.807) is 0 Å². The summed E-state index contributed by atoms with van der Waals surface area (Å²) in [5.41, 5.74) is 0. The molecule has 1 fully saturated rings. The molecular formula is C13H25NO2. The number of carbonyl (C=O) groups excluding carboxylic acids is 1.